The summed E-state index contributed by atoms with van der Waals surface area (Å²) < 4.78 is 30.6. The van der Waals surface area contributed by atoms with Crippen molar-refractivity contribution in [3.05, 3.63) is 27.1 Å². The fraction of sp³-hybridized carbons (Fsp3) is 0.300. The molecule has 2 aromatic heterocycles. The van der Waals surface area contributed by atoms with Crippen LogP contribution in [-0.2, 0) is 6.42 Å². The number of halogens is 4. The number of aliphatic hydroxyl groups excluding tert-OH is 1. The Morgan fingerprint density at radius 3 is 2.74 bits per heavy atom. The molecule has 9 heteroatoms. The SMILES string of the molecule is OC(Cc1nc(-c2ncc(Br)cc2Br)no1)C(F)F. The lowest BCUT2D eigenvalue weighted by Gasteiger charge is -2.04. The number of aromatic nitrogens is 3. The van der Waals surface area contributed by atoms with Crippen molar-refractivity contribution in [2.45, 2.75) is 19.0 Å². The smallest absolute Gasteiger partial charge is 0.264 e. The van der Waals surface area contributed by atoms with Crippen LogP contribution in [0.4, 0.5) is 8.78 Å². The predicted molar refractivity (Wildman–Crippen MR) is 68.6 cm³/mol. The Morgan fingerprint density at radius 2 is 2.11 bits per heavy atom. The maximum atomic E-state index is 12.2. The molecule has 1 N–H and O–H groups in total. The highest BCUT2D eigenvalue weighted by atomic mass is 79.9. The van der Waals surface area contributed by atoms with Crippen LogP contribution in [-0.4, -0.2) is 32.8 Å². The van der Waals surface area contributed by atoms with Crippen LogP contribution in [0.3, 0.4) is 0 Å². The number of hydrogen-bond donors (Lipinski definition) is 1. The Labute approximate surface area is 123 Å². The van der Waals surface area contributed by atoms with Gasteiger partial charge in [0, 0.05) is 15.1 Å². The molecule has 1 atom stereocenters. The Kier molecular flexibility index (Phi) is 4.58. The fourth-order valence-corrected chi connectivity index (χ4v) is 2.45. The first-order chi connectivity index (χ1) is 8.97. The summed E-state index contributed by atoms with van der Waals surface area (Å²) in [5, 5.41) is 12.7. The highest BCUT2D eigenvalue weighted by molar-refractivity contribution is 9.11. The molecule has 0 aliphatic carbocycles. The largest absolute Gasteiger partial charge is 0.387 e. The standard InChI is InChI=1S/C10H7Br2F2N3O2/c11-4-1-5(12)8(15-3-4)10-16-7(19-17-10)2-6(18)9(13)14/h1,3,6,9,18H,2H2. The lowest BCUT2D eigenvalue weighted by atomic mass is 10.2. The van der Waals surface area contributed by atoms with Crippen molar-refractivity contribution in [1.82, 2.24) is 15.1 Å². The zero-order valence-corrected chi connectivity index (χ0v) is 12.4. The Balaban J connectivity index is 2.21. The van der Waals surface area contributed by atoms with Crippen molar-refractivity contribution >= 4 is 31.9 Å². The first kappa shape index (κ1) is 14.5. The molecule has 2 rings (SSSR count). The number of aliphatic hydroxyl groups is 1. The molecule has 0 saturated carbocycles. The minimum atomic E-state index is -2.85. The van der Waals surface area contributed by atoms with E-state index in [0.29, 0.717) is 10.2 Å². The monoisotopic (exact) mass is 397 g/mol. The number of hydrogen-bond acceptors (Lipinski definition) is 5. The predicted octanol–water partition coefficient (Wildman–Crippen LogP) is 2.83. The van der Waals surface area contributed by atoms with E-state index in [4.69, 9.17) is 9.63 Å². The molecule has 0 radical (unpaired) electrons. The average molecular weight is 399 g/mol. The van der Waals surface area contributed by atoms with Gasteiger partial charge in [-0.1, -0.05) is 5.16 Å². The van der Waals surface area contributed by atoms with Crippen LogP contribution < -0.4 is 0 Å². The van der Waals surface area contributed by atoms with E-state index in [1.807, 2.05) is 0 Å². The van der Waals surface area contributed by atoms with Gasteiger partial charge in [-0.3, -0.25) is 4.98 Å². The summed E-state index contributed by atoms with van der Waals surface area (Å²) in [6, 6.07) is 1.74. The first-order valence-electron chi connectivity index (χ1n) is 5.07. The summed E-state index contributed by atoms with van der Waals surface area (Å²) in [7, 11) is 0. The number of pyridine rings is 1. The van der Waals surface area contributed by atoms with E-state index in [9.17, 15) is 8.78 Å². The fourth-order valence-electron chi connectivity index (χ4n) is 1.28. The van der Waals surface area contributed by atoms with Crippen LogP contribution >= 0.6 is 31.9 Å². The van der Waals surface area contributed by atoms with Gasteiger partial charge in [0.05, 0.1) is 6.42 Å². The van der Waals surface area contributed by atoms with Crippen LogP contribution in [0.15, 0.2) is 25.7 Å². The average Bonchev–Trinajstić information content (AvgIpc) is 2.77. The lowest BCUT2D eigenvalue weighted by molar-refractivity contribution is -0.00754. The maximum absolute atomic E-state index is 12.2. The molecule has 0 saturated heterocycles. The van der Waals surface area contributed by atoms with Gasteiger partial charge in [0.2, 0.25) is 11.7 Å². The minimum absolute atomic E-state index is 0.0700. The van der Waals surface area contributed by atoms with Gasteiger partial charge in [0.1, 0.15) is 11.8 Å². The van der Waals surface area contributed by atoms with Crippen LogP contribution in [0.2, 0.25) is 0 Å². The molecule has 0 aliphatic rings. The Hall–Kier alpha value is -0.930. The Morgan fingerprint density at radius 1 is 1.37 bits per heavy atom. The van der Waals surface area contributed by atoms with Crippen LogP contribution in [0.5, 0.6) is 0 Å². The van der Waals surface area contributed by atoms with E-state index in [2.05, 4.69) is 47.0 Å². The van der Waals surface area contributed by atoms with Crippen molar-refractivity contribution in [3.8, 4) is 11.5 Å². The van der Waals surface area contributed by atoms with Crippen LogP contribution in [0.1, 0.15) is 5.89 Å². The third kappa shape index (κ3) is 3.54. The van der Waals surface area contributed by atoms with E-state index in [1.165, 1.54) is 0 Å². The first-order valence-corrected chi connectivity index (χ1v) is 6.66. The highest BCUT2D eigenvalue weighted by Crippen LogP contribution is 2.26. The molecule has 2 aromatic rings. The summed E-state index contributed by atoms with van der Waals surface area (Å²) in [6.45, 7) is 0. The summed E-state index contributed by atoms with van der Waals surface area (Å²) in [6.07, 6.45) is -3.54. The molecule has 0 bridgehead atoms. The van der Waals surface area contributed by atoms with Gasteiger partial charge >= 0.3 is 0 Å². The zero-order valence-electron chi connectivity index (χ0n) is 9.23. The van der Waals surface area contributed by atoms with Crippen LogP contribution in [0.25, 0.3) is 11.5 Å². The molecule has 1 unspecified atom stereocenters. The lowest BCUT2D eigenvalue weighted by Crippen LogP contribution is -2.20. The van der Waals surface area contributed by atoms with Crippen molar-refractivity contribution in [1.29, 1.82) is 0 Å². The number of nitrogens with zero attached hydrogens (tertiary/aromatic N) is 3. The van der Waals surface area contributed by atoms with Crippen molar-refractivity contribution in [2.75, 3.05) is 0 Å². The summed E-state index contributed by atoms with van der Waals surface area (Å²) in [4.78, 5) is 8.00. The van der Waals surface area contributed by atoms with Gasteiger partial charge in [-0.15, -0.1) is 0 Å². The normalized spacial score (nSPS) is 12.9. The molecule has 19 heavy (non-hydrogen) atoms. The van der Waals surface area contributed by atoms with E-state index < -0.39 is 19.0 Å². The van der Waals surface area contributed by atoms with Crippen LogP contribution in [0, 0.1) is 0 Å². The summed E-state index contributed by atoms with van der Waals surface area (Å²) in [5.41, 5.74) is 0.421. The topological polar surface area (TPSA) is 72.0 Å². The second kappa shape index (κ2) is 6.02. The molecular weight excluding hydrogens is 392 g/mol. The second-order valence-corrected chi connectivity index (χ2v) is 5.37. The molecular formula is C10H7Br2F2N3O2. The molecule has 0 aromatic carbocycles. The van der Waals surface area contributed by atoms with Crippen molar-refractivity contribution < 1.29 is 18.4 Å². The Bertz CT molecular complexity index is 580. The van der Waals surface area contributed by atoms with E-state index in [0.717, 1.165) is 4.47 Å². The quantitative estimate of drug-likeness (QED) is 0.857. The van der Waals surface area contributed by atoms with Gasteiger partial charge in [0.15, 0.2) is 0 Å². The maximum Gasteiger partial charge on any atom is 0.264 e. The molecule has 0 spiro atoms. The zero-order chi connectivity index (χ0) is 14.0. The molecule has 102 valence electrons. The van der Waals surface area contributed by atoms with Gasteiger partial charge in [0.25, 0.3) is 6.43 Å². The van der Waals surface area contributed by atoms with E-state index >= 15 is 0 Å². The molecule has 0 aliphatic heterocycles. The number of rotatable bonds is 4. The third-order valence-electron chi connectivity index (χ3n) is 2.16. The van der Waals surface area contributed by atoms with Crippen molar-refractivity contribution in [2.24, 2.45) is 0 Å². The molecule has 2 heterocycles. The minimum Gasteiger partial charge on any atom is -0.387 e. The van der Waals surface area contributed by atoms with Gasteiger partial charge in [-0.2, -0.15) is 4.98 Å². The number of alkyl halides is 2. The van der Waals surface area contributed by atoms with Gasteiger partial charge in [-0.05, 0) is 37.9 Å². The van der Waals surface area contributed by atoms with Crippen molar-refractivity contribution in [3.63, 3.8) is 0 Å². The summed E-state index contributed by atoms with van der Waals surface area (Å²) in [5.74, 6) is 0.0928. The highest BCUT2D eigenvalue weighted by Gasteiger charge is 2.21. The van der Waals surface area contributed by atoms with E-state index in [1.54, 1.807) is 12.3 Å². The molecule has 0 amide bonds. The van der Waals surface area contributed by atoms with E-state index in [-0.39, 0.29) is 11.7 Å². The second-order valence-electron chi connectivity index (χ2n) is 3.60. The molecule has 0 fully saturated rings. The third-order valence-corrected chi connectivity index (χ3v) is 3.20. The van der Waals surface area contributed by atoms with Gasteiger partial charge < -0.3 is 9.63 Å². The summed E-state index contributed by atoms with van der Waals surface area (Å²) >= 11 is 6.53. The van der Waals surface area contributed by atoms with Gasteiger partial charge in [-0.25, -0.2) is 8.78 Å². The molecule has 5 nitrogen and oxygen atoms in total.